The van der Waals surface area contributed by atoms with E-state index in [2.05, 4.69) is 17.6 Å². The van der Waals surface area contributed by atoms with Gasteiger partial charge in [-0.15, -0.1) is 11.8 Å². The van der Waals surface area contributed by atoms with E-state index in [9.17, 15) is 4.79 Å². The summed E-state index contributed by atoms with van der Waals surface area (Å²) in [5.41, 5.74) is 0.310. The first kappa shape index (κ1) is 12.2. The van der Waals surface area contributed by atoms with E-state index >= 15 is 0 Å². The minimum atomic E-state index is 0.227. The van der Waals surface area contributed by atoms with Gasteiger partial charge in [-0.25, -0.2) is 0 Å². The van der Waals surface area contributed by atoms with Crippen LogP contribution in [0.3, 0.4) is 0 Å². The molecule has 0 spiro atoms. The summed E-state index contributed by atoms with van der Waals surface area (Å²) in [6.07, 6.45) is 4.61. The maximum atomic E-state index is 11.9. The van der Waals surface area contributed by atoms with E-state index in [0.29, 0.717) is 5.41 Å². The molecule has 16 heavy (non-hydrogen) atoms. The van der Waals surface area contributed by atoms with Crippen LogP contribution in [0.2, 0.25) is 0 Å². The van der Waals surface area contributed by atoms with Crippen LogP contribution < -0.4 is 10.6 Å². The van der Waals surface area contributed by atoms with E-state index in [1.807, 2.05) is 11.8 Å². The highest BCUT2D eigenvalue weighted by molar-refractivity contribution is 8.00. The van der Waals surface area contributed by atoms with Gasteiger partial charge in [-0.3, -0.25) is 4.79 Å². The maximum absolute atomic E-state index is 11.9. The van der Waals surface area contributed by atoms with E-state index in [4.69, 9.17) is 0 Å². The van der Waals surface area contributed by atoms with Gasteiger partial charge in [0.05, 0.1) is 5.25 Å². The van der Waals surface area contributed by atoms with Crippen molar-refractivity contribution in [1.29, 1.82) is 0 Å². The Kier molecular flexibility index (Phi) is 4.14. The summed E-state index contributed by atoms with van der Waals surface area (Å²) in [4.78, 5) is 11.9. The molecule has 2 N–H and O–H groups in total. The van der Waals surface area contributed by atoms with Gasteiger partial charge in [0, 0.05) is 6.54 Å². The Morgan fingerprint density at radius 1 is 1.50 bits per heavy atom. The molecule has 0 saturated carbocycles. The molecule has 2 heterocycles. The number of thioether (sulfide) groups is 1. The number of piperidine rings is 1. The molecule has 3 nitrogen and oxygen atoms in total. The van der Waals surface area contributed by atoms with Gasteiger partial charge in [0.25, 0.3) is 0 Å². The number of rotatable bonds is 3. The van der Waals surface area contributed by atoms with Gasteiger partial charge in [0.2, 0.25) is 5.91 Å². The lowest BCUT2D eigenvalue weighted by Gasteiger charge is -2.34. The molecule has 4 heteroatoms. The minimum Gasteiger partial charge on any atom is -0.355 e. The third kappa shape index (κ3) is 3.14. The normalized spacial score (nSPS) is 28.9. The molecule has 0 bridgehead atoms. The van der Waals surface area contributed by atoms with Gasteiger partial charge in [0.1, 0.15) is 0 Å². The van der Waals surface area contributed by atoms with Crippen molar-refractivity contribution in [3.8, 4) is 0 Å². The second kappa shape index (κ2) is 5.41. The Balaban J connectivity index is 1.75. The molecule has 0 aliphatic carbocycles. The Morgan fingerprint density at radius 3 is 2.88 bits per heavy atom. The summed E-state index contributed by atoms with van der Waals surface area (Å²) in [6.45, 7) is 5.32. The van der Waals surface area contributed by atoms with Crippen LogP contribution in [0.5, 0.6) is 0 Å². The summed E-state index contributed by atoms with van der Waals surface area (Å²) in [6, 6.07) is 0. The molecule has 0 aromatic rings. The van der Waals surface area contributed by atoms with Crippen molar-refractivity contribution in [2.24, 2.45) is 5.41 Å². The highest BCUT2D eigenvalue weighted by Crippen LogP contribution is 2.28. The maximum Gasteiger partial charge on any atom is 0.233 e. The summed E-state index contributed by atoms with van der Waals surface area (Å²) in [5.74, 6) is 1.42. The number of hydrogen-bond donors (Lipinski definition) is 2. The van der Waals surface area contributed by atoms with Crippen LogP contribution in [0, 0.1) is 5.41 Å². The quantitative estimate of drug-likeness (QED) is 0.786. The third-order valence-corrected chi connectivity index (χ3v) is 5.10. The number of amides is 1. The molecule has 2 fully saturated rings. The first-order valence-electron chi connectivity index (χ1n) is 6.30. The smallest absolute Gasteiger partial charge is 0.233 e. The standard InChI is InChI=1S/C12H22N2OS/c1-12(4-6-13-7-5-12)9-14-11(15)10-3-2-8-16-10/h10,13H,2-9H2,1H3,(H,14,15). The molecule has 2 saturated heterocycles. The molecule has 0 radical (unpaired) electrons. The fourth-order valence-electron chi connectivity index (χ4n) is 2.41. The Hall–Kier alpha value is -0.220. The fraction of sp³-hybridized carbons (Fsp3) is 0.917. The van der Waals surface area contributed by atoms with Crippen LogP contribution in [0.1, 0.15) is 32.6 Å². The molecule has 1 unspecified atom stereocenters. The fourth-order valence-corrected chi connectivity index (χ4v) is 3.59. The van der Waals surface area contributed by atoms with Crippen LogP contribution in [0.25, 0.3) is 0 Å². The largest absolute Gasteiger partial charge is 0.355 e. The number of carbonyl (C=O) groups is 1. The van der Waals surface area contributed by atoms with Crippen molar-refractivity contribution in [3.63, 3.8) is 0 Å². The monoisotopic (exact) mass is 242 g/mol. The van der Waals surface area contributed by atoms with E-state index < -0.39 is 0 Å². The highest BCUT2D eigenvalue weighted by atomic mass is 32.2. The molecule has 2 aliphatic rings. The average Bonchev–Trinajstić information content (AvgIpc) is 2.80. The zero-order valence-corrected chi connectivity index (χ0v) is 10.9. The lowest BCUT2D eigenvalue weighted by atomic mass is 9.81. The lowest BCUT2D eigenvalue weighted by molar-refractivity contribution is -0.121. The average molecular weight is 242 g/mol. The van der Waals surface area contributed by atoms with Gasteiger partial charge < -0.3 is 10.6 Å². The van der Waals surface area contributed by atoms with Crippen molar-refractivity contribution in [2.75, 3.05) is 25.4 Å². The van der Waals surface area contributed by atoms with Crippen LogP contribution >= 0.6 is 11.8 Å². The molecule has 0 aromatic heterocycles. The highest BCUT2D eigenvalue weighted by Gasteiger charge is 2.29. The topological polar surface area (TPSA) is 41.1 Å². The number of hydrogen-bond acceptors (Lipinski definition) is 3. The summed E-state index contributed by atoms with van der Waals surface area (Å²) >= 11 is 1.81. The van der Waals surface area contributed by atoms with Crippen molar-refractivity contribution in [2.45, 2.75) is 37.9 Å². The second-order valence-corrected chi connectivity index (χ2v) is 6.59. The van der Waals surface area contributed by atoms with Crippen molar-refractivity contribution < 1.29 is 4.79 Å². The van der Waals surface area contributed by atoms with Gasteiger partial charge in [-0.1, -0.05) is 6.92 Å². The predicted molar refractivity (Wildman–Crippen MR) is 68.7 cm³/mol. The third-order valence-electron chi connectivity index (χ3n) is 3.72. The second-order valence-electron chi connectivity index (χ2n) is 5.28. The van der Waals surface area contributed by atoms with Crippen LogP contribution in [0.15, 0.2) is 0 Å². The van der Waals surface area contributed by atoms with Gasteiger partial charge in [-0.2, -0.15) is 0 Å². The Morgan fingerprint density at radius 2 is 2.25 bits per heavy atom. The molecular formula is C12H22N2OS. The Bertz CT molecular complexity index is 245. The summed E-state index contributed by atoms with van der Waals surface area (Å²) in [5, 5.41) is 6.74. The predicted octanol–water partition coefficient (Wildman–Crippen LogP) is 1.39. The molecule has 0 aromatic carbocycles. The molecule has 1 amide bonds. The molecular weight excluding hydrogens is 220 g/mol. The number of nitrogens with one attached hydrogen (secondary N) is 2. The Labute approximate surface area is 102 Å². The van der Waals surface area contributed by atoms with E-state index in [1.54, 1.807) is 0 Å². The van der Waals surface area contributed by atoms with E-state index in [-0.39, 0.29) is 11.2 Å². The lowest BCUT2D eigenvalue weighted by Crippen LogP contribution is -2.44. The first-order chi connectivity index (χ1) is 7.70. The zero-order valence-electron chi connectivity index (χ0n) is 10.1. The molecule has 1 atom stereocenters. The van der Waals surface area contributed by atoms with Crippen molar-refractivity contribution in [1.82, 2.24) is 10.6 Å². The van der Waals surface area contributed by atoms with Gasteiger partial charge in [-0.05, 0) is 49.9 Å². The molecule has 92 valence electrons. The van der Waals surface area contributed by atoms with Crippen molar-refractivity contribution >= 4 is 17.7 Å². The van der Waals surface area contributed by atoms with Crippen LogP contribution in [-0.2, 0) is 4.79 Å². The van der Waals surface area contributed by atoms with Crippen molar-refractivity contribution in [3.05, 3.63) is 0 Å². The number of carbonyl (C=O) groups excluding carboxylic acids is 1. The van der Waals surface area contributed by atoms with E-state index in [0.717, 1.165) is 31.8 Å². The van der Waals surface area contributed by atoms with Gasteiger partial charge in [0.15, 0.2) is 0 Å². The zero-order chi connectivity index (χ0) is 11.4. The van der Waals surface area contributed by atoms with Crippen LogP contribution in [0.4, 0.5) is 0 Å². The van der Waals surface area contributed by atoms with E-state index in [1.165, 1.54) is 19.3 Å². The summed E-state index contributed by atoms with van der Waals surface area (Å²) in [7, 11) is 0. The van der Waals surface area contributed by atoms with Crippen LogP contribution in [-0.4, -0.2) is 36.5 Å². The molecule has 2 rings (SSSR count). The first-order valence-corrected chi connectivity index (χ1v) is 7.35. The molecule has 2 aliphatic heterocycles. The van der Waals surface area contributed by atoms with Gasteiger partial charge >= 0.3 is 0 Å². The summed E-state index contributed by atoms with van der Waals surface area (Å²) < 4.78 is 0. The minimum absolute atomic E-state index is 0.227. The SMILES string of the molecule is CC1(CNC(=O)C2CCCS2)CCNCC1.